The summed E-state index contributed by atoms with van der Waals surface area (Å²) < 4.78 is 18.0. The molecule has 0 aliphatic carbocycles. The Morgan fingerprint density at radius 3 is 2.53 bits per heavy atom. The van der Waals surface area contributed by atoms with Crippen molar-refractivity contribution in [2.75, 3.05) is 6.61 Å². The van der Waals surface area contributed by atoms with E-state index in [1.165, 1.54) is 6.92 Å². The average molecular weight is 220 g/mol. The molecule has 0 aromatic carbocycles. The van der Waals surface area contributed by atoms with E-state index in [4.69, 9.17) is 0 Å². The van der Waals surface area contributed by atoms with Crippen molar-refractivity contribution in [1.29, 1.82) is 0 Å². The third kappa shape index (κ3) is 5.11. The lowest BCUT2D eigenvalue weighted by Crippen LogP contribution is -2.42. The van der Waals surface area contributed by atoms with Gasteiger partial charge in [-0.3, -0.25) is 0 Å². The van der Waals surface area contributed by atoms with Gasteiger partial charge in [-0.15, -0.1) is 0 Å². The maximum Gasteiger partial charge on any atom is 0.343 e. The fourth-order valence-electron chi connectivity index (χ4n) is 1.33. The lowest BCUT2D eigenvalue weighted by atomic mass is 9.93. The molecule has 0 radical (unpaired) electrons. The Morgan fingerprint density at radius 2 is 2.07 bits per heavy atom. The SMILES string of the molecule is CCCCCC(C)(O)C(F)C(=O)OCC. The molecule has 0 aliphatic heterocycles. The van der Waals surface area contributed by atoms with E-state index in [1.807, 2.05) is 6.92 Å². The molecule has 2 unspecified atom stereocenters. The quantitative estimate of drug-likeness (QED) is 0.528. The Hall–Kier alpha value is -0.640. The first-order valence-electron chi connectivity index (χ1n) is 5.48. The van der Waals surface area contributed by atoms with Crippen LogP contribution in [0.4, 0.5) is 4.39 Å². The topological polar surface area (TPSA) is 46.5 Å². The van der Waals surface area contributed by atoms with Gasteiger partial charge in [-0.2, -0.15) is 0 Å². The molecule has 15 heavy (non-hydrogen) atoms. The molecule has 0 aromatic rings. The molecule has 0 saturated carbocycles. The monoisotopic (exact) mass is 220 g/mol. The molecular formula is C11H21FO3. The van der Waals surface area contributed by atoms with Gasteiger partial charge in [-0.25, -0.2) is 9.18 Å². The number of carbonyl (C=O) groups excluding carboxylic acids is 1. The number of esters is 1. The predicted molar refractivity (Wildman–Crippen MR) is 56.3 cm³/mol. The van der Waals surface area contributed by atoms with Crippen molar-refractivity contribution in [3.8, 4) is 0 Å². The fourth-order valence-corrected chi connectivity index (χ4v) is 1.33. The van der Waals surface area contributed by atoms with E-state index in [0.717, 1.165) is 12.8 Å². The molecule has 2 atom stereocenters. The van der Waals surface area contributed by atoms with Gasteiger partial charge in [0, 0.05) is 0 Å². The van der Waals surface area contributed by atoms with Crippen molar-refractivity contribution >= 4 is 5.97 Å². The third-order valence-electron chi connectivity index (χ3n) is 2.33. The van der Waals surface area contributed by atoms with Crippen LogP contribution in [0.2, 0.25) is 0 Å². The molecule has 0 fully saturated rings. The molecule has 3 nitrogen and oxygen atoms in total. The van der Waals surface area contributed by atoms with Crippen LogP contribution in [0.25, 0.3) is 0 Å². The summed E-state index contributed by atoms with van der Waals surface area (Å²) in [7, 11) is 0. The van der Waals surface area contributed by atoms with Gasteiger partial charge < -0.3 is 9.84 Å². The molecule has 0 bridgehead atoms. The lowest BCUT2D eigenvalue weighted by Gasteiger charge is -2.25. The molecule has 0 amide bonds. The highest BCUT2D eigenvalue weighted by atomic mass is 19.1. The summed E-state index contributed by atoms with van der Waals surface area (Å²) >= 11 is 0. The number of rotatable bonds is 7. The van der Waals surface area contributed by atoms with Crippen LogP contribution in [0, 0.1) is 0 Å². The number of unbranched alkanes of at least 4 members (excludes halogenated alkanes) is 2. The normalized spacial score (nSPS) is 16.9. The van der Waals surface area contributed by atoms with Gasteiger partial charge in [-0.05, 0) is 20.3 Å². The Balaban J connectivity index is 4.11. The summed E-state index contributed by atoms with van der Waals surface area (Å²) in [4.78, 5) is 11.1. The summed E-state index contributed by atoms with van der Waals surface area (Å²) in [6.45, 7) is 5.10. The first-order valence-corrected chi connectivity index (χ1v) is 5.48. The number of hydrogen-bond acceptors (Lipinski definition) is 3. The van der Waals surface area contributed by atoms with Crippen LogP contribution in [0.1, 0.15) is 46.5 Å². The van der Waals surface area contributed by atoms with Crippen molar-refractivity contribution in [3.63, 3.8) is 0 Å². The standard InChI is InChI=1S/C11H21FO3/c1-4-6-7-8-11(3,14)9(12)10(13)15-5-2/h9,14H,4-8H2,1-3H3. The molecule has 0 heterocycles. The second-order valence-corrected chi connectivity index (χ2v) is 3.93. The van der Waals surface area contributed by atoms with E-state index >= 15 is 0 Å². The van der Waals surface area contributed by atoms with Crippen LogP contribution in [0.15, 0.2) is 0 Å². The zero-order valence-electron chi connectivity index (χ0n) is 9.75. The minimum absolute atomic E-state index is 0.129. The van der Waals surface area contributed by atoms with Crippen LogP contribution in [-0.4, -0.2) is 29.5 Å². The summed E-state index contributed by atoms with van der Waals surface area (Å²) in [6, 6.07) is 0. The van der Waals surface area contributed by atoms with E-state index in [9.17, 15) is 14.3 Å². The molecule has 0 rings (SSSR count). The first kappa shape index (κ1) is 14.4. The predicted octanol–water partition coefficient (Wildman–Crippen LogP) is 2.22. The van der Waals surface area contributed by atoms with Gasteiger partial charge in [0.15, 0.2) is 0 Å². The Labute approximate surface area is 90.6 Å². The summed E-state index contributed by atoms with van der Waals surface area (Å²) in [5.74, 6) is -0.973. The highest BCUT2D eigenvalue weighted by molar-refractivity contribution is 5.75. The molecule has 0 spiro atoms. The summed E-state index contributed by atoms with van der Waals surface area (Å²) in [5, 5.41) is 9.73. The highest BCUT2D eigenvalue weighted by Crippen LogP contribution is 2.22. The van der Waals surface area contributed by atoms with Gasteiger partial charge in [0.05, 0.1) is 6.61 Å². The van der Waals surface area contributed by atoms with E-state index < -0.39 is 17.7 Å². The molecule has 1 N–H and O–H groups in total. The number of halogens is 1. The molecular weight excluding hydrogens is 199 g/mol. The van der Waals surface area contributed by atoms with E-state index in [-0.39, 0.29) is 13.0 Å². The van der Waals surface area contributed by atoms with Gasteiger partial charge in [-0.1, -0.05) is 26.2 Å². The maximum atomic E-state index is 13.5. The fraction of sp³-hybridized carbons (Fsp3) is 0.909. The largest absolute Gasteiger partial charge is 0.464 e. The molecule has 90 valence electrons. The zero-order chi connectivity index (χ0) is 11.9. The van der Waals surface area contributed by atoms with Crippen LogP contribution in [-0.2, 0) is 9.53 Å². The van der Waals surface area contributed by atoms with Gasteiger partial charge in [0.2, 0.25) is 6.17 Å². The van der Waals surface area contributed by atoms with Crippen LogP contribution in [0.3, 0.4) is 0 Å². The minimum atomic E-state index is -1.95. The zero-order valence-corrected chi connectivity index (χ0v) is 9.75. The van der Waals surface area contributed by atoms with Crippen LogP contribution in [0.5, 0.6) is 0 Å². The number of carbonyl (C=O) groups is 1. The number of hydrogen-bond donors (Lipinski definition) is 1. The molecule has 4 heteroatoms. The second kappa shape index (κ2) is 6.77. The Morgan fingerprint density at radius 1 is 1.47 bits per heavy atom. The van der Waals surface area contributed by atoms with Crippen molar-refractivity contribution < 1.29 is 19.0 Å². The van der Waals surface area contributed by atoms with Crippen molar-refractivity contribution in [1.82, 2.24) is 0 Å². The number of alkyl halides is 1. The molecule has 0 aromatic heterocycles. The van der Waals surface area contributed by atoms with Crippen molar-refractivity contribution in [2.45, 2.75) is 58.2 Å². The second-order valence-electron chi connectivity index (χ2n) is 3.93. The Bertz CT molecular complexity index is 192. The summed E-state index contributed by atoms with van der Waals surface area (Å²) in [5.41, 5.74) is -1.61. The Kier molecular flexibility index (Phi) is 6.48. The van der Waals surface area contributed by atoms with Gasteiger partial charge in [0.1, 0.15) is 5.60 Å². The van der Waals surface area contributed by atoms with Crippen molar-refractivity contribution in [2.24, 2.45) is 0 Å². The van der Waals surface area contributed by atoms with Crippen molar-refractivity contribution in [3.05, 3.63) is 0 Å². The van der Waals surface area contributed by atoms with E-state index in [1.54, 1.807) is 6.92 Å². The molecule has 0 saturated heterocycles. The molecule has 0 aliphatic rings. The first-order chi connectivity index (χ1) is 6.95. The van der Waals surface area contributed by atoms with Crippen LogP contribution < -0.4 is 0 Å². The summed E-state index contributed by atoms with van der Waals surface area (Å²) in [6.07, 6.45) is 0.955. The smallest absolute Gasteiger partial charge is 0.343 e. The van der Waals surface area contributed by atoms with Gasteiger partial charge in [0.25, 0.3) is 0 Å². The van der Waals surface area contributed by atoms with Crippen LogP contribution >= 0.6 is 0 Å². The minimum Gasteiger partial charge on any atom is -0.464 e. The number of ether oxygens (including phenoxy) is 1. The van der Waals surface area contributed by atoms with Gasteiger partial charge >= 0.3 is 5.97 Å². The maximum absolute atomic E-state index is 13.5. The average Bonchev–Trinajstić information content (AvgIpc) is 2.17. The van der Waals surface area contributed by atoms with E-state index in [2.05, 4.69) is 4.74 Å². The third-order valence-corrected chi connectivity index (χ3v) is 2.33. The highest BCUT2D eigenvalue weighted by Gasteiger charge is 2.38. The lowest BCUT2D eigenvalue weighted by molar-refractivity contribution is -0.159. The van der Waals surface area contributed by atoms with E-state index in [0.29, 0.717) is 6.42 Å². The number of aliphatic hydroxyl groups is 1.